The van der Waals surface area contributed by atoms with Gasteiger partial charge in [0.15, 0.2) is 5.96 Å². The first-order valence-electron chi connectivity index (χ1n) is 11.9. The molecule has 7 heteroatoms. The number of unbranched alkanes of at least 4 members (excludes halogenated alkanes) is 1. The second-order valence-corrected chi connectivity index (χ2v) is 8.84. The topological polar surface area (TPSA) is 77.0 Å². The molecule has 1 saturated carbocycles. The lowest BCUT2D eigenvalue weighted by Gasteiger charge is -2.24. The van der Waals surface area contributed by atoms with Gasteiger partial charge < -0.3 is 10.6 Å². The van der Waals surface area contributed by atoms with Crippen molar-refractivity contribution in [3.05, 3.63) is 35.4 Å². The first kappa shape index (κ1) is 21.8. The Hall–Kier alpha value is -2.41. The Bertz CT molecular complexity index is 783. The predicted molar refractivity (Wildman–Crippen MR) is 122 cm³/mol. The summed E-state index contributed by atoms with van der Waals surface area (Å²) in [5.41, 5.74) is 1.04. The highest BCUT2D eigenvalue weighted by Crippen LogP contribution is 2.26. The molecule has 0 aromatic heterocycles. The fourth-order valence-corrected chi connectivity index (χ4v) is 5.03. The lowest BCUT2D eigenvalue weighted by Crippen LogP contribution is -2.45. The van der Waals surface area contributed by atoms with Crippen molar-refractivity contribution < 1.29 is 9.59 Å². The zero-order valence-corrected chi connectivity index (χ0v) is 18.6. The van der Waals surface area contributed by atoms with E-state index in [2.05, 4.69) is 22.5 Å². The van der Waals surface area contributed by atoms with E-state index in [0.717, 1.165) is 37.9 Å². The number of nitrogens with one attached hydrogen (secondary N) is 2. The van der Waals surface area contributed by atoms with Crippen LogP contribution in [0.15, 0.2) is 29.3 Å². The van der Waals surface area contributed by atoms with Crippen LogP contribution in [-0.4, -0.2) is 72.4 Å². The van der Waals surface area contributed by atoms with Crippen LogP contribution < -0.4 is 10.6 Å². The van der Waals surface area contributed by atoms with Crippen molar-refractivity contribution >= 4 is 17.8 Å². The number of hydrogen-bond donors (Lipinski definition) is 2. The van der Waals surface area contributed by atoms with Crippen LogP contribution in [0.1, 0.15) is 72.6 Å². The van der Waals surface area contributed by atoms with Crippen LogP contribution in [0.5, 0.6) is 0 Å². The van der Waals surface area contributed by atoms with Gasteiger partial charge in [0.1, 0.15) is 0 Å². The molecule has 168 valence electrons. The Kier molecular flexibility index (Phi) is 7.22. The maximum atomic E-state index is 12.4. The Morgan fingerprint density at radius 3 is 2.45 bits per heavy atom. The normalized spacial score (nSPS) is 22.4. The van der Waals surface area contributed by atoms with Crippen LogP contribution in [0.3, 0.4) is 0 Å². The summed E-state index contributed by atoms with van der Waals surface area (Å²) in [5.74, 6) is 0.529. The number of likely N-dealkylation sites (tertiary alicyclic amines) is 1. The number of rotatable bonds is 8. The van der Waals surface area contributed by atoms with Gasteiger partial charge >= 0.3 is 0 Å². The Labute approximate surface area is 185 Å². The minimum atomic E-state index is -0.174. The molecule has 2 N–H and O–H groups in total. The van der Waals surface area contributed by atoms with E-state index in [4.69, 9.17) is 4.99 Å². The van der Waals surface area contributed by atoms with Crippen LogP contribution in [0.2, 0.25) is 0 Å². The summed E-state index contributed by atoms with van der Waals surface area (Å²) in [7, 11) is 0. The second kappa shape index (κ2) is 10.3. The van der Waals surface area contributed by atoms with Crippen molar-refractivity contribution in [3.63, 3.8) is 0 Å². The number of carbonyl (C=O) groups excluding carboxylic acids is 2. The summed E-state index contributed by atoms with van der Waals surface area (Å²) in [4.78, 5) is 33.6. The monoisotopic (exact) mass is 425 g/mol. The standard InChI is InChI=1S/C24H35N5O2/c1-2-25-24(27-18-13-16-28(17-18)19-9-3-4-10-19)26-14-7-8-15-29-22(30)20-11-5-6-12-21(20)23(29)31/h5-6,11-12,18-19H,2-4,7-10,13-17H2,1H3,(H2,25,26,27). The van der Waals surface area contributed by atoms with Crippen molar-refractivity contribution in [2.75, 3.05) is 32.7 Å². The van der Waals surface area contributed by atoms with Gasteiger partial charge in [-0.3, -0.25) is 24.4 Å². The lowest BCUT2D eigenvalue weighted by atomic mass is 10.1. The number of benzene rings is 1. The SMILES string of the molecule is CCNC(=NCCCCN1C(=O)c2ccccc2C1=O)NC1CCN(C2CCCC2)C1. The second-order valence-electron chi connectivity index (χ2n) is 8.84. The highest BCUT2D eigenvalue weighted by Gasteiger charge is 2.34. The van der Waals surface area contributed by atoms with E-state index in [9.17, 15) is 9.59 Å². The van der Waals surface area contributed by atoms with Crippen molar-refractivity contribution in [3.8, 4) is 0 Å². The molecule has 2 fully saturated rings. The van der Waals surface area contributed by atoms with Crippen molar-refractivity contribution in [1.29, 1.82) is 0 Å². The molecular weight excluding hydrogens is 390 g/mol. The summed E-state index contributed by atoms with van der Waals surface area (Å²) in [6.07, 6.45) is 8.23. The molecule has 3 aliphatic rings. The highest BCUT2D eigenvalue weighted by atomic mass is 16.2. The Balaban J connectivity index is 1.21. The van der Waals surface area contributed by atoms with E-state index in [1.165, 1.54) is 43.5 Å². The zero-order chi connectivity index (χ0) is 21.6. The number of fused-ring (bicyclic) bond motifs is 1. The largest absolute Gasteiger partial charge is 0.357 e. The average molecular weight is 426 g/mol. The van der Waals surface area contributed by atoms with Crippen LogP contribution in [0.4, 0.5) is 0 Å². The van der Waals surface area contributed by atoms with Gasteiger partial charge in [-0.2, -0.15) is 0 Å². The molecule has 1 aromatic rings. The number of imide groups is 1. The molecule has 0 radical (unpaired) electrons. The fraction of sp³-hybridized carbons (Fsp3) is 0.625. The van der Waals surface area contributed by atoms with E-state index < -0.39 is 0 Å². The van der Waals surface area contributed by atoms with E-state index in [0.29, 0.717) is 30.3 Å². The molecule has 0 bridgehead atoms. The van der Waals surface area contributed by atoms with Gasteiger partial charge in [-0.05, 0) is 51.2 Å². The number of carbonyl (C=O) groups is 2. The van der Waals surface area contributed by atoms with Gasteiger partial charge in [0.25, 0.3) is 11.8 Å². The molecule has 1 unspecified atom stereocenters. The van der Waals surface area contributed by atoms with Gasteiger partial charge in [0.05, 0.1) is 11.1 Å². The molecule has 1 atom stereocenters. The van der Waals surface area contributed by atoms with Gasteiger partial charge in [0, 0.05) is 44.8 Å². The van der Waals surface area contributed by atoms with Crippen LogP contribution >= 0.6 is 0 Å². The molecule has 2 amide bonds. The summed E-state index contributed by atoms with van der Waals surface area (Å²) in [6.45, 7) is 6.33. The summed E-state index contributed by atoms with van der Waals surface area (Å²) >= 11 is 0. The molecule has 1 aliphatic carbocycles. The predicted octanol–water partition coefficient (Wildman–Crippen LogP) is 2.63. The molecule has 4 rings (SSSR count). The van der Waals surface area contributed by atoms with Crippen LogP contribution in [0, 0.1) is 0 Å². The number of aliphatic imine (C=N–C) groups is 1. The number of amides is 2. The molecule has 31 heavy (non-hydrogen) atoms. The number of hydrogen-bond acceptors (Lipinski definition) is 4. The third kappa shape index (κ3) is 5.09. The minimum Gasteiger partial charge on any atom is -0.357 e. The van der Waals surface area contributed by atoms with Gasteiger partial charge in [-0.25, -0.2) is 0 Å². The molecular formula is C24H35N5O2. The molecule has 1 aromatic carbocycles. The van der Waals surface area contributed by atoms with E-state index >= 15 is 0 Å². The van der Waals surface area contributed by atoms with Crippen LogP contribution in [-0.2, 0) is 0 Å². The first-order chi connectivity index (χ1) is 15.2. The smallest absolute Gasteiger partial charge is 0.261 e. The van der Waals surface area contributed by atoms with Gasteiger partial charge in [-0.15, -0.1) is 0 Å². The number of nitrogens with zero attached hydrogens (tertiary/aromatic N) is 3. The molecule has 2 heterocycles. The summed E-state index contributed by atoms with van der Waals surface area (Å²) in [6, 6.07) is 8.30. The Morgan fingerprint density at radius 1 is 1.06 bits per heavy atom. The lowest BCUT2D eigenvalue weighted by molar-refractivity contribution is 0.0652. The number of guanidine groups is 1. The van der Waals surface area contributed by atoms with Crippen molar-refractivity contribution in [2.24, 2.45) is 4.99 Å². The quantitative estimate of drug-likeness (QED) is 0.290. The zero-order valence-electron chi connectivity index (χ0n) is 18.6. The maximum absolute atomic E-state index is 12.4. The Morgan fingerprint density at radius 2 is 1.77 bits per heavy atom. The fourth-order valence-electron chi connectivity index (χ4n) is 5.03. The molecule has 7 nitrogen and oxygen atoms in total. The molecule has 0 spiro atoms. The van der Waals surface area contributed by atoms with E-state index in [1.54, 1.807) is 24.3 Å². The molecule has 1 saturated heterocycles. The third-order valence-corrected chi connectivity index (χ3v) is 6.68. The minimum absolute atomic E-state index is 0.174. The summed E-state index contributed by atoms with van der Waals surface area (Å²) < 4.78 is 0. The highest BCUT2D eigenvalue weighted by molar-refractivity contribution is 6.21. The summed E-state index contributed by atoms with van der Waals surface area (Å²) in [5, 5.41) is 6.96. The average Bonchev–Trinajstić information content (AvgIpc) is 3.51. The van der Waals surface area contributed by atoms with Crippen LogP contribution in [0.25, 0.3) is 0 Å². The van der Waals surface area contributed by atoms with E-state index in [1.807, 2.05) is 0 Å². The molecule has 2 aliphatic heterocycles. The van der Waals surface area contributed by atoms with Crippen molar-refractivity contribution in [2.45, 2.75) is 64.0 Å². The van der Waals surface area contributed by atoms with Crippen molar-refractivity contribution in [1.82, 2.24) is 20.4 Å². The van der Waals surface area contributed by atoms with E-state index in [-0.39, 0.29) is 11.8 Å². The van der Waals surface area contributed by atoms with Gasteiger partial charge in [0.2, 0.25) is 0 Å². The van der Waals surface area contributed by atoms with Gasteiger partial charge in [-0.1, -0.05) is 25.0 Å². The third-order valence-electron chi connectivity index (χ3n) is 6.68. The first-order valence-corrected chi connectivity index (χ1v) is 11.9. The maximum Gasteiger partial charge on any atom is 0.261 e.